The summed E-state index contributed by atoms with van der Waals surface area (Å²) >= 11 is 0. The van der Waals surface area contributed by atoms with Crippen LogP contribution < -0.4 is 5.32 Å². The topological polar surface area (TPSA) is 66.5 Å². The molecule has 5 heteroatoms. The minimum absolute atomic E-state index is 0.00950. The van der Waals surface area contributed by atoms with Gasteiger partial charge in [0.15, 0.2) is 0 Å². The first kappa shape index (κ1) is 16.7. The first-order valence-corrected chi connectivity index (χ1v) is 7.78. The lowest BCUT2D eigenvalue weighted by Gasteiger charge is -2.21. The highest BCUT2D eigenvalue weighted by molar-refractivity contribution is 5.98. The molecular formula is C15H26N2O3. The Morgan fingerprint density at radius 1 is 1.15 bits per heavy atom. The number of rotatable bonds is 3. The number of amides is 3. The van der Waals surface area contributed by atoms with Gasteiger partial charge in [0.1, 0.15) is 0 Å². The number of imide groups is 1. The molecule has 20 heavy (non-hydrogen) atoms. The fraction of sp³-hybridized carbons (Fsp3) is 0.800. The van der Waals surface area contributed by atoms with E-state index in [4.69, 9.17) is 0 Å². The van der Waals surface area contributed by atoms with Crippen LogP contribution in [0.4, 0.5) is 0 Å². The van der Waals surface area contributed by atoms with Crippen LogP contribution in [0.3, 0.4) is 0 Å². The van der Waals surface area contributed by atoms with Gasteiger partial charge in [0.05, 0.1) is 6.54 Å². The van der Waals surface area contributed by atoms with Crippen molar-refractivity contribution in [3.05, 3.63) is 0 Å². The molecule has 0 radical (unpaired) electrons. The number of hydrogen-bond acceptors (Lipinski definition) is 3. The Kier molecular flexibility index (Phi) is 7.26. The van der Waals surface area contributed by atoms with Gasteiger partial charge in [-0.25, -0.2) is 0 Å². The van der Waals surface area contributed by atoms with E-state index in [0.29, 0.717) is 13.0 Å². The number of nitrogens with zero attached hydrogens (tertiary/aromatic N) is 1. The van der Waals surface area contributed by atoms with Crippen LogP contribution in [0, 0.1) is 5.92 Å². The van der Waals surface area contributed by atoms with Crippen molar-refractivity contribution in [3.63, 3.8) is 0 Å². The smallest absolute Gasteiger partial charge is 0.246 e. The number of carbonyl (C=O) groups is 3. The summed E-state index contributed by atoms with van der Waals surface area (Å²) in [6.07, 6.45) is 6.39. The van der Waals surface area contributed by atoms with Gasteiger partial charge in [-0.2, -0.15) is 0 Å². The lowest BCUT2D eigenvalue weighted by molar-refractivity contribution is -0.137. The molecule has 1 saturated heterocycles. The predicted molar refractivity (Wildman–Crippen MR) is 76.9 cm³/mol. The lowest BCUT2D eigenvalue weighted by Crippen LogP contribution is -2.43. The van der Waals surface area contributed by atoms with Crippen molar-refractivity contribution < 1.29 is 14.4 Å². The molecule has 0 aromatic carbocycles. The van der Waals surface area contributed by atoms with Crippen LogP contribution in [-0.2, 0) is 14.4 Å². The van der Waals surface area contributed by atoms with E-state index in [0.717, 1.165) is 32.1 Å². The summed E-state index contributed by atoms with van der Waals surface area (Å²) in [5, 5.41) is 2.43. The van der Waals surface area contributed by atoms with Gasteiger partial charge in [-0.1, -0.05) is 33.1 Å². The summed E-state index contributed by atoms with van der Waals surface area (Å²) in [5.74, 6) is -0.514. The Morgan fingerprint density at radius 2 is 1.80 bits per heavy atom. The van der Waals surface area contributed by atoms with E-state index in [1.54, 1.807) is 0 Å². The number of hydrogen-bond donors (Lipinski definition) is 1. The second-order valence-corrected chi connectivity index (χ2v) is 5.17. The van der Waals surface area contributed by atoms with E-state index < -0.39 is 0 Å². The van der Waals surface area contributed by atoms with Gasteiger partial charge in [-0.05, 0) is 19.3 Å². The summed E-state index contributed by atoms with van der Waals surface area (Å²) in [5.41, 5.74) is 0. The van der Waals surface area contributed by atoms with Crippen LogP contribution in [0.1, 0.15) is 58.8 Å². The zero-order valence-corrected chi connectivity index (χ0v) is 12.6. The molecule has 0 atom stereocenters. The van der Waals surface area contributed by atoms with E-state index in [9.17, 15) is 14.4 Å². The molecule has 0 spiro atoms. The molecule has 1 N–H and O–H groups in total. The van der Waals surface area contributed by atoms with E-state index in [2.05, 4.69) is 5.32 Å². The molecule has 5 nitrogen and oxygen atoms in total. The fourth-order valence-corrected chi connectivity index (χ4v) is 2.69. The zero-order chi connectivity index (χ0) is 15.0. The van der Waals surface area contributed by atoms with Gasteiger partial charge in [0.2, 0.25) is 17.7 Å². The van der Waals surface area contributed by atoms with Crippen molar-refractivity contribution in [1.82, 2.24) is 10.2 Å². The van der Waals surface area contributed by atoms with Crippen molar-refractivity contribution in [2.75, 3.05) is 13.1 Å². The molecule has 0 aromatic rings. The minimum Gasteiger partial charge on any atom is -0.333 e. The SMILES string of the molecule is CC.O=C(CN1CCCC1=O)NC(=O)C1CCCCC1. The Bertz CT molecular complexity index is 349. The largest absolute Gasteiger partial charge is 0.333 e. The normalized spacial score (nSPS) is 19.3. The fourth-order valence-electron chi connectivity index (χ4n) is 2.69. The minimum atomic E-state index is -0.346. The predicted octanol–water partition coefficient (Wildman–Crippen LogP) is 1.86. The molecule has 2 aliphatic rings. The molecule has 0 bridgehead atoms. The molecule has 2 fully saturated rings. The third-order valence-corrected chi connectivity index (χ3v) is 3.74. The summed E-state index contributed by atoms with van der Waals surface area (Å²) in [6, 6.07) is 0. The van der Waals surface area contributed by atoms with E-state index >= 15 is 0 Å². The third kappa shape index (κ3) is 4.94. The Labute approximate surface area is 121 Å². The van der Waals surface area contributed by atoms with Crippen molar-refractivity contribution in [1.29, 1.82) is 0 Å². The van der Waals surface area contributed by atoms with Gasteiger partial charge in [-0.3, -0.25) is 19.7 Å². The summed E-state index contributed by atoms with van der Waals surface area (Å²) < 4.78 is 0. The lowest BCUT2D eigenvalue weighted by atomic mass is 9.89. The van der Waals surface area contributed by atoms with Gasteiger partial charge < -0.3 is 4.90 Å². The van der Waals surface area contributed by atoms with Crippen LogP contribution >= 0.6 is 0 Å². The summed E-state index contributed by atoms with van der Waals surface area (Å²) in [4.78, 5) is 36.4. The van der Waals surface area contributed by atoms with Crippen LogP contribution in [0.5, 0.6) is 0 Å². The maximum atomic E-state index is 11.8. The molecule has 1 aliphatic heterocycles. The Hall–Kier alpha value is -1.39. The number of nitrogens with one attached hydrogen (secondary N) is 1. The monoisotopic (exact) mass is 282 g/mol. The first-order valence-electron chi connectivity index (χ1n) is 7.78. The van der Waals surface area contributed by atoms with Gasteiger partial charge in [0, 0.05) is 18.9 Å². The molecule has 1 saturated carbocycles. The third-order valence-electron chi connectivity index (χ3n) is 3.74. The van der Waals surface area contributed by atoms with Crippen LogP contribution in [0.15, 0.2) is 0 Å². The molecule has 114 valence electrons. The second kappa shape index (κ2) is 8.72. The Balaban J connectivity index is 0.000000956. The van der Waals surface area contributed by atoms with E-state index in [1.165, 1.54) is 11.3 Å². The highest BCUT2D eigenvalue weighted by atomic mass is 16.2. The van der Waals surface area contributed by atoms with Crippen molar-refractivity contribution in [3.8, 4) is 0 Å². The van der Waals surface area contributed by atoms with E-state index in [1.807, 2.05) is 13.8 Å². The Morgan fingerprint density at radius 3 is 2.35 bits per heavy atom. The zero-order valence-electron chi connectivity index (χ0n) is 12.6. The quantitative estimate of drug-likeness (QED) is 0.859. The molecule has 0 unspecified atom stereocenters. The average Bonchev–Trinajstić information content (AvgIpc) is 2.87. The number of likely N-dealkylation sites (tertiary alicyclic amines) is 1. The summed E-state index contributed by atoms with van der Waals surface area (Å²) in [6.45, 7) is 4.65. The second-order valence-electron chi connectivity index (χ2n) is 5.17. The van der Waals surface area contributed by atoms with Crippen molar-refractivity contribution in [2.45, 2.75) is 58.8 Å². The van der Waals surface area contributed by atoms with E-state index in [-0.39, 0.29) is 30.2 Å². The first-order chi connectivity index (χ1) is 9.66. The van der Waals surface area contributed by atoms with Gasteiger partial charge in [-0.15, -0.1) is 0 Å². The number of carbonyl (C=O) groups excluding carboxylic acids is 3. The van der Waals surface area contributed by atoms with Crippen LogP contribution in [0.2, 0.25) is 0 Å². The highest BCUT2D eigenvalue weighted by Gasteiger charge is 2.26. The standard InChI is InChI=1S/C13H20N2O3.C2H6/c16-11(9-15-8-4-7-12(15)17)14-13(18)10-5-2-1-3-6-10;1-2/h10H,1-9H2,(H,14,16,18);1-2H3. The van der Waals surface area contributed by atoms with Crippen LogP contribution in [-0.4, -0.2) is 35.7 Å². The molecular weight excluding hydrogens is 256 g/mol. The van der Waals surface area contributed by atoms with Crippen molar-refractivity contribution in [2.24, 2.45) is 5.92 Å². The maximum Gasteiger partial charge on any atom is 0.246 e. The summed E-state index contributed by atoms with van der Waals surface area (Å²) in [7, 11) is 0. The molecule has 2 rings (SSSR count). The molecule has 3 amide bonds. The van der Waals surface area contributed by atoms with Gasteiger partial charge >= 0.3 is 0 Å². The van der Waals surface area contributed by atoms with Crippen molar-refractivity contribution >= 4 is 17.7 Å². The van der Waals surface area contributed by atoms with Crippen LogP contribution in [0.25, 0.3) is 0 Å². The molecule has 0 aromatic heterocycles. The molecule has 1 aliphatic carbocycles. The average molecular weight is 282 g/mol. The highest BCUT2D eigenvalue weighted by Crippen LogP contribution is 2.23. The molecule has 1 heterocycles. The van der Waals surface area contributed by atoms with Gasteiger partial charge in [0.25, 0.3) is 0 Å². The maximum absolute atomic E-state index is 11.8.